The molecule has 5 nitrogen and oxygen atoms in total. The van der Waals surface area contributed by atoms with Crippen molar-refractivity contribution >= 4 is 27.7 Å². The Labute approximate surface area is 199 Å². The summed E-state index contributed by atoms with van der Waals surface area (Å²) in [6.45, 7) is 4.25. The topological polar surface area (TPSA) is 58.6 Å². The maximum absolute atomic E-state index is 13.3. The van der Waals surface area contributed by atoms with Gasteiger partial charge in [0.2, 0.25) is 5.91 Å². The number of nitrogens with one attached hydrogen (secondary N) is 1. The minimum absolute atomic E-state index is 0.0648. The fourth-order valence-electron chi connectivity index (χ4n) is 4.19. The van der Waals surface area contributed by atoms with E-state index >= 15 is 0 Å². The van der Waals surface area contributed by atoms with Gasteiger partial charge in [-0.1, -0.05) is 66.4 Å². The first kappa shape index (κ1) is 24.3. The van der Waals surface area contributed by atoms with Crippen molar-refractivity contribution in [3.05, 3.63) is 64.1 Å². The Morgan fingerprint density at radius 3 is 2.44 bits per heavy atom. The van der Waals surface area contributed by atoms with Gasteiger partial charge >= 0.3 is 0 Å². The molecule has 1 saturated carbocycles. The molecule has 1 aliphatic carbocycles. The third kappa shape index (κ3) is 6.83. The van der Waals surface area contributed by atoms with E-state index in [0.29, 0.717) is 18.7 Å². The summed E-state index contributed by atoms with van der Waals surface area (Å²) in [5.74, 6) is 0.365. The monoisotopic (exact) mass is 500 g/mol. The summed E-state index contributed by atoms with van der Waals surface area (Å²) >= 11 is 3.40. The van der Waals surface area contributed by atoms with E-state index in [2.05, 4.69) is 21.2 Å². The van der Waals surface area contributed by atoms with Crippen LogP contribution in [0.3, 0.4) is 0 Å². The van der Waals surface area contributed by atoms with Gasteiger partial charge in [0, 0.05) is 17.1 Å². The molecule has 0 radical (unpaired) electrons. The third-order valence-corrected chi connectivity index (χ3v) is 6.64. The summed E-state index contributed by atoms with van der Waals surface area (Å²) in [5, 5.41) is 3.21. The zero-order valence-electron chi connectivity index (χ0n) is 19.0. The summed E-state index contributed by atoms with van der Waals surface area (Å²) in [5.41, 5.74) is 2.13. The summed E-state index contributed by atoms with van der Waals surface area (Å²) < 4.78 is 6.70. The van der Waals surface area contributed by atoms with E-state index in [1.807, 2.05) is 62.4 Å². The van der Waals surface area contributed by atoms with Crippen molar-refractivity contribution in [3.63, 3.8) is 0 Å². The summed E-state index contributed by atoms with van der Waals surface area (Å²) in [6.07, 6.45) is 6.10. The standard InChI is InChI=1S/C26H33BrN2O3/c1-3-24(26(31)28-22-11-5-4-6-12-22)29(17-20-10-8-7-9-19(20)2)25(30)18-32-23-15-13-21(27)14-16-23/h7-10,13-16,22,24H,3-6,11-12,17-18H2,1-2H3,(H,28,31)/t24-/m1/s1. The number of hydrogen-bond donors (Lipinski definition) is 1. The lowest BCUT2D eigenvalue weighted by molar-refractivity contribution is -0.143. The van der Waals surface area contributed by atoms with Crippen LogP contribution in [0.2, 0.25) is 0 Å². The van der Waals surface area contributed by atoms with Crippen molar-refractivity contribution in [1.29, 1.82) is 0 Å². The van der Waals surface area contributed by atoms with E-state index in [1.165, 1.54) is 6.42 Å². The number of carbonyl (C=O) groups excluding carboxylic acids is 2. The van der Waals surface area contributed by atoms with Gasteiger partial charge in [-0.2, -0.15) is 0 Å². The quantitative estimate of drug-likeness (QED) is 0.501. The molecule has 0 heterocycles. The maximum Gasteiger partial charge on any atom is 0.261 e. The smallest absolute Gasteiger partial charge is 0.261 e. The molecule has 32 heavy (non-hydrogen) atoms. The molecular formula is C26H33BrN2O3. The molecule has 0 aliphatic heterocycles. The SMILES string of the molecule is CC[C@H](C(=O)NC1CCCCC1)N(Cc1ccccc1C)C(=O)COc1ccc(Br)cc1. The minimum Gasteiger partial charge on any atom is -0.484 e. The Morgan fingerprint density at radius 1 is 1.09 bits per heavy atom. The number of aryl methyl sites for hydroxylation is 1. The number of carbonyl (C=O) groups is 2. The van der Waals surface area contributed by atoms with E-state index in [1.54, 1.807) is 4.90 Å². The zero-order valence-corrected chi connectivity index (χ0v) is 20.6. The lowest BCUT2D eigenvalue weighted by Crippen LogP contribution is -2.52. The second-order valence-corrected chi connectivity index (χ2v) is 9.37. The van der Waals surface area contributed by atoms with Gasteiger partial charge in [-0.05, 0) is 61.6 Å². The second kappa shape index (κ2) is 12.0. The highest BCUT2D eigenvalue weighted by atomic mass is 79.9. The first-order valence-electron chi connectivity index (χ1n) is 11.5. The zero-order chi connectivity index (χ0) is 22.9. The molecule has 1 atom stereocenters. The van der Waals surface area contributed by atoms with Crippen molar-refractivity contribution in [3.8, 4) is 5.75 Å². The van der Waals surface area contributed by atoms with Crippen LogP contribution in [-0.2, 0) is 16.1 Å². The fourth-order valence-corrected chi connectivity index (χ4v) is 4.46. The van der Waals surface area contributed by atoms with E-state index < -0.39 is 6.04 Å². The largest absolute Gasteiger partial charge is 0.484 e. The highest BCUT2D eigenvalue weighted by Crippen LogP contribution is 2.20. The predicted molar refractivity (Wildman–Crippen MR) is 130 cm³/mol. The van der Waals surface area contributed by atoms with Gasteiger partial charge in [0.15, 0.2) is 6.61 Å². The lowest BCUT2D eigenvalue weighted by atomic mass is 9.95. The summed E-state index contributed by atoms with van der Waals surface area (Å²) in [6, 6.07) is 15.0. The van der Waals surface area contributed by atoms with Crippen molar-refractivity contribution < 1.29 is 14.3 Å². The van der Waals surface area contributed by atoms with Crippen LogP contribution in [0.25, 0.3) is 0 Å². The average Bonchev–Trinajstić information content (AvgIpc) is 2.80. The highest BCUT2D eigenvalue weighted by molar-refractivity contribution is 9.10. The molecule has 1 N–H and O–H groups in total. The third-order valence-electron chi connectivity index (χ3n) is 6.12. The molecule has 1 aliphatic rings. The van der Waals surface area contributed by atoms with E-state index in [0.717, 1.165) is 41.3 Å². The Kier molecular flexibility index (Phi) is 9.15. The van der Waals surface area contributed by atoms with Crippen LogP contribution >= 0.6 is 15.9 Å². The molecule has 2 aromatic carbocycles. The average molecular weight is 501 g/mol. The molecule has 2 amide bonds. The van der Waals surface area contributed by atoms with Gasteiger partial charge in [-0.15, -0.1) is 0 Å². The number of amides is 2. The van der Waals surface area contributed by atoms with Crippen molar-refractivity contribution in [2.45, 2.75) is 71.0 Å². The Balaban J connectivity index is 1.75. The first-order chi connectivity index (χ1) is 15.5. The highest BCUT2D eigenvalue weighted by Gasteiger charge is 2.30. The molecule has 2 aromatic rings. The van der Waals surface area contributed by atoms with Crippen LogP contribution in [0.4, 0.5) is 0 Å². The number of rotatable bonds is 9. The molecule has 0 bridgehead atoms. The molecule has 0 aromatic heterocycles. The van der Waals surface area contributed by atoms with Gasteiger partial charge < -0.3 is 15.0 Å². The molecular weight excluding hydrogens is 468 g/mol. The predicted octanol–water partition coefficient (Wildman–Crippen LogP) is 5.39. The molecule has 0 spiro atoms. The number of hydrogen-bond acceptors (Lipinski definition) is 3. The normalized spacial score (nSPS) is 15.1. The molecule has 3 rings (SSSR count). The Hall–Kier alpha value is -2.34. The van der Waals surface area contributed by atoms with Crippen molar-refractivity contribution in [2.75, 3.05) is 6.61 Å². The van der Waals surface area contributed by atoms with Gasteiger partial charge in [-0.3, -0.25) is 9.59 Å². The van der Waals surface area contributed by atoms with Crippen LogP contribution in [0.5, 0.6) is 5.75 Å². The lowest BCUT2D eigenvalue weighted by Gasteiger charge is -2.33. The van der Waals surface area contributed by atoms with Gasteiger partial charge in [0.1, 0.15) is 11.8 Å². The molecule has 0 unspecified atom stereocenters. The molecule has 0 saturated heterocycles. The van der Waals surface area contributed by atoms with Crippen LogP contribution in [0, 0.1) is 6.92 Å². The Bertz CT molecular complexity index is 894. The summed E-state index contributed by atoms with van der Waals surface area (Å²) in [4.78, 5) is 28.2. The number of halogens is 1. The number of nitrogens with zero attached hydrogens (tertiary/aromatic N) is 1. The molecule has 1 fully saturated rings. The minimum atomic E-state index is -0.530. The number of benzene rings is 2. The van der Waals surface area contributed by atoms with E-state index in [-0.39, 0.29) is 24.5 Å². The molecule has 172 valence electrons. The van der Waals surface area contributed by atoms with Crippen LogP contribution in [0.1, 0.15) is 56.6 Å². The number of ether oxygens (including phenoxy) is 1. The van der Waals surface area contributed by atoms with E-state index in [4.69, 9.17) is 4.74 Å². The second-order valence-electron chi connectivity index (χ2n) is 8.46. The first-order valence-corrected chi connectivity index (χ1v) is 12.3. The van der Waals surface area contributed by atoms with Gasteiger partial charge in [-0.25, -0.2) is 0 Å². The Morgan fingerprint density at radius 2 is 1.78 bits per heavy atom. The van der Waals surface area contributed by atoms with Crippen molar-refractivity contribution in [1.82, 2.24) is 10.2 Å². The van der Waals surface area contributed by atoms with Crippen LogP contribution in [0.15, 0.2) is 53.0 Å². The van der Waals surface area contributed by atoms with Crippen molar-refractivity contribution in [2.24, 2.45) is 0 Å². The van der Waals surface area contributed by atoms with Crippen LogP contribution < -0.4 is 10.1 Å². The summed E-state index contributed by atoms with van der Waals surface area (Å²) in [7, 11) is 0. The fraction of sp³-hybridized carbons (Fsp3) is 0.462. The maximum atomic E-state index is 13.3. The molecule has 6 heteroatoms. The van der Waals surface area contributed by atoms with Crippen LogP contribution in [-0.4, -0.2) is 35.4 Å². The van der Waals surface area contributed by atoms with Gasteiger partial charge in [0.05, 0.1) is 0 Å². The van der Waals surface area contributed by atoms with E-state index in [9.17, 15) is 9.59 Å². The van der Waals surface area contributed by atoms with Gasteiger partial charge in [0.25, 0.3) is 5.91 Å².